The predicted octanol–water partition coefficient (Wildman–Crippen LogP) is 2.60. The van der Waals surface area contributed by atoms with E-state index in [1.165, 1.54) is 5.56 Å². The lowest BCUT2D eigenvalue weighted by atomic mass is 9.91. The molecular weight excluding hydrogens is 288 g/mol. The third-order valence-electron chi connectivity index (χ3n) is 4.93. The summed E-state index contributed by atoms with van der Waals surface area (Å²) in [5.41, 5.74) is 2.13. The van der Waals surface area contributed by atoms with Crippen molar-refractivity contribution in [2.24, 2.45) is 11.8 Å². The van der Waals surface area contributed by atoms with Crippen LogP contribution >= 0.6 is 0 Å². The molecule has 2 unspecified atom stereocenters. The second kappa shape index (κ2) is 8.13. The van der Waals surface area contributed by atoms with Crippen molar-refractivity contribution in [3.05, 3.63) is 29.3 Å². The van der Waals surface area contributed by atoms with Crippen molar-refractivity contribution >= 4 is 0 Å². The van der Waals surface area contributed by atoms with Crippen LogP contribution in [0, 0.1) is 11.8 Å². The monoisotopic (exact) mass is 320 g/mol. The number of aliphatic hydroxyl groups excluding tert-OH is 1. The Labute approximate surface area is 141 Å². The smallest absolute Gasteiger partial charge is 0.124 e. The van der Waals surface area contributed by atoms with Crippen LogP contribution in [0.1, 0.15) is 31.9 Å². The summed E-state index contributed by atoms with van der Waals surface area (Å²) in [6, 6.07) is 6.81. The minimum atomic E-state index is 0.0259. The molecule has 2 rings (SSSR count). The number of nitrogens with zero attached hydrogens (tertiary/aromatic N) is 2. The van der Waals surface area contributed by atoms with Gasteiger partial charge in [-0.1, -0.05) is 19.9 Å². The van der Waals surface area contributed by atoms with E-state index < -0.39 is 0 Å². The topological polar surface area (TPSA) is 35.9 Å². The molecule has 23 heavy (non-hydrogen) atoms. The van der Waals surface area contributed by atoms with E-state index in [2.05, 4.69) is 49.9 Å². The Morgan fingerprint density at radius 3 is 2.57 bits per heavy atom. The Bertz CT molecular complexity index is 486. The molecule has 1 aromatic carbocycles. The average Bonchev–Trinajstić information content (AvgIpc) is 2.93. The number of aliphatic hydroxyl groups is 1. The minimum absolute atomic E-state index is 0.0259. The van der Waals surface area contributed by atoms with Gasteiger partial charge in [0.05, 0.1) is 13.2 Å². The molecule has 4 heteroatoms. The Hall–Kier alpha value is -1.10. The van der Waals surface area contributed by atoms with Crippen molar-refractivity contribution in [2.75, 3.05) is 33.8 Å². The summed E-state index contributed by atoms with van der Waals surface area (Å²) in [5.74, 6) is 2.21. The molecule has 1 aliphatic heterocycles. The SMILES string of the molecule is CCOc1ccc(CN2CC(C(C)C)C(N(C)C)C2)cc1CO. The van der Waals surface area contributed by atoms with Crippen molar-refractivity contribution in [2.45, 2.75) is 40.0 Å². The quantitative estimate of drug-likeness (QED) is 0.838. The van der Waals surface area contributed by atoms with Gasteiger partial charge in [-0.2, -0.15) is 0 Å². The third kappa shape index (κ3) is 4.46. The molecule has 4 nitrogen and oxygen atoms in total. The Morgan fingerprint density at radius 2 is 2.04 bits per heavy atom. The van der Waals surface area contributed by atoms with Gasteiger partial charge in [0.25, 0.3) is 0 Å². The molecule has 1 N–H and O–H groups in total. The number of rotatable bonds is 7. The normalized spacial score (nSPS) is 22.3. The molecule has 2 atom stereocenters. The number of likely N-dealkylation sites (tertiary alicyclic amines) is 1. The standard InChI is InChI=1S/C19H32N2O2/c1-6-23-19-8-7-15(9-16(19)13-22)10-21-11-17(14(2)3)18(12-21)20(4)5/h7-9,14,17-18,22H,6,10-13H2,1-5H3. The molecule has 1 heterocycles. The highest BCUT2D eigenvalue weighted by molar-refractivity contribution is 5.37. The molecule has 1 aromatic rings. The van der Waals surface area contributed by atoms with Crippen LogP contribution in [0.3, 0.4) is 0 Å². The number of hydrogen-bond donors (Lipinski definition) is 1. The van der Waals surface area contributed by atoms with Crippen LogP contribution in [-0.4, -0.2) is 54.7 Å². The van der Waals surface area contributed by atoms with E-state index in [1.54, 1.807) is 0 Å². The van der Waals surface area contributed by atoms with Crippen LogP contribution in [0.25, 0.3) is 0 Å². The molecule has 0 saturated carbocycles. The lowest BCUT2D eigenvalue weighted by molar-refractivity contribution is 0.215. The number of likely N-dealkylation sites (N-methyl/N-ethyl adjacent to an activating group) is 1. The van der Waals surface area contributed by atoms with E-state index in [0.717, 1.165) is 30.9 Å². The number of benzene rings is 1. The van der Waals surface area contributed by atoms with E-state index in [1.807, 2.05) is 13.0 Å². The third-order valence-corrected chi connectivity index (χ3v) is 4.93. The summed E-state index contributed by atoms with van der Waals surface area (Å²) < 4.78 is 5.57. The highest BCUT2D eigenvalue weighted by Crippen LogP contribution is 2.29. The number of hydrogen-bond acceptors (Lipinski definition) is 4. The van der Waals surface area contributed by atoms with Crippen LogP contribution in [-0.2, 0) is 13.2 Å². The summed E-state index contributed by atoms with van der Waals surface area (Å²) in [6.07, 6.45) is 0. The molecule has 130 valence electrons. The molecule has 1 aliphatic rings. The van der Waals surface area contributed by atoms with E-state index in [0.29, 0.717) is 24.5 Å². The fraction of sp³-hybridized carbons (Fsp3) is 0.684. The first-order chi connectivity index (χ1) is 11.0. The van der Waals surface area contributed by atoms with Crippen LogP contribution in [0.4, 0.5) is 0 Å². The minimum Gasteiger partial charge on any atom is -0.494 e. The van der Waals surface area contributed by atoms with Gasteiger partial charge >= 0.3 is 0 Å². The zero-order chi connectivity index (χ0) is 17.0. The number of ether oxygens (including phenoxy) is 1. The largest absolute Gasteiger partial charge is 0.494 e. The van der Waals surface area contributed by atoms with Crippen molar-refractivity contribution in [1.29, 1.82) is 0 Å². The van der Waals surface area contributed by atoms with E-state index >= 15 is 0 Å². The molecule has 0 spiro atoms. The Morgan fingerprint density at radius 1 is 1.30 bits per heavy atom. The van der Waals surface area contributed by atoms with Gasteiger partial charge < -0.3 is 14.7 Å². The van der Waals surface area contributed by atoms with Gasteiger partial charge in [0.15, 0.2) is 0 Å². The van der Waals surface area contributed by atoms with Crippen LogP contribution in [0.2, 0.25) is 0 Å². The van der Waals surface area contributed by atoms with Gasteiger partial charge in [-0.05, 0) is 50.6 Å². The predicted molar refractivity (Wildman–Crippen MR) is 94.6 cm³/mol. The molecule has 0 amide bonds. The highest BCUT2D eigenvalue weighted by atomic mass is 16.5. The van der Waals surface area contributed by atoms with Gasteiger partial charge in [0.1, 0.15) is 5.75 Å². The lowest BCUT2D eigenvalue weighted by Gasteiger charge is -2.27. The lowest BCUT2D eigenvalue weighted by Crippen LogP contribution is -2.37. The summed E-state index contributed by atoms with van der Waals surface area (Å²) in [7, 11) is 4.37. The maximum atomic E-state index is 9.56. The molecule has 0 aliphatic carbocycles. The summed E-state index contributed by atoms with van der Waals surface area (Å²) in [6.45, 7) is 10.5. The van der Waals surface area contributed by atoms with Gasteiger partial charge in [-0.3, -0.25) is 4.90 Å². The van der Waals surface area contributed by atoms with Crippen LogP contribution in [0.5, 0.6) is 5.75 Å². The van der Waals surface area contributed by atoms with Crippen molar-refractivity contribution in [3.8, 4) is 5.75 Å². The van der Waals surface area contributed by atoms with Gasteiger partial charge in [0.2, 0.25) is 0 Å². The molecule has 0 bridgehead atoms. The molecule has 1 fully saturated rings. The zero-order valence-electron chi connectivity index (χ0n) is 15.2. The fourth-order valence-electron chi connectivity index (χ4n) is 3.63. The van der Waals surface area contributed by atoms with E-state index in [-0.39, 0.29) is 6.61 Å². The summed E-state index contributed by atoms with van der Waals surface area (Å²) in [4.78, 5) is 4.90. The van der Waals surface area contributed by atoms with Gasteiger partial charge in [-0.25, -0.2) is 0 Å². The van der Waals surface area contributed by atoms with Crippen molar-refractivity contribution in [1.82, 2.24) is 9.80 Å². The summed E-state index contributed by atoms with van der Waals surface area (Å²) >= 11 is 0. The summed E-state index contributed by atoms with van der Waals surface area (Å²) in [5, 5.41) is 9.56. The maximum Gasteiger partial charge on any atom is 0.124 e. The van der Waals surface area contributed by atoms with Gasteiger partial charge in [-0.15, -0.1) is 0 Å². The first kappa shape index (κ1) is 18.2. The first-order valence-electron chi connectivity index (χ1n) is 8.70. The van der Waals surface area contributed by atoms with E-state index in [9.17, 15) is 5.11 Å². The van der Waals surface area contributed by atoms with Crippen molar-refractivity contribution < 1.29 is 9.84 Å². The second-order valence-electron chi connectivity index (χ2n) is 7.17. The van der Waals surface area contributed by atoms with Crippen molar-refractivity contribution in [3.63, 3.8) is 0 Å². The fourth-order valence-corrected chi connectivity index (χ4v) is 3.63. The van der Waals surface area contributed by atoms with Crippen LogP contribution < -0.4 is 4.74 Å². The Kier molecular flexibility index (Phi) is 6.45. The zero-order valence-corrected chi connectivity index (χ0v) is 15.2. The molecular formula is C19H32N2O2. The first-order valence-corrected chi connectivity index (χ1v) is 8.70. The molecule has 0 aromatic heterocycles. The maximum absolute atomic E-state index is 9.56. The van der Waals surface area contributed by atoms with Gasteiger partial charge in [0, 0.05) is 31.2 Å². The molecule has 0 radical (unpaired) electrons. The average molecular weight is 320 g/mol. The van der Waals surface area contributed by atoms with E-state index in [4.69, 9.17) is 4.74 Å². The Balaban J connectivity index is 2.07. The highest BCUT2D eigenvalue weighted by Gasteiger charge is 2.35. The second-order valence-corrected chi connectivity index (χ2v) is 7.17. The molecule has 1 saturated heterocycles. The van der Waals surface area contributed by atoms with Crippen LogP contribution in [0.15, 0.2) is 18.2 Å².